The minimum atomic E-state index is -0.0716. The van der Waals surface area contributed by atoms with Crippen LogP contribution < -0.4 is 4.74 Å². The maximum atomic E-state index is 12.9. The number of carbonyl (C=O) groups is 1. The van der Waals surface area contributed by atoms with Crippen LogP contribution in [0.4, 0.5) is 0 Å². The van der Waals surface area contributed by atoms with Crippen LogP contribution in [-0.2, 0) is 20.2 Å². The fourth-order valence-corrected chi connectivity index (χ4v) is 2.82. The molecule has 0 bridgehead atoms. The largest absolute Gasteiger partial charge is 0.487 e. The highest BCUT2D eigenvalue weighted by Crippen LogP contribution is 2.29. The first-order valence-corrected chi connectivity index (χ1v) is 8.70. The molecule has 134 valence electrons. The molecule has 0 unspecified atom stereocenters. The molecule has 0 aliphatic heterocycles. The number of imidazole rings is 1. The van der Waals surface area contributed by atoms with E-state index >= 15 is 0 Å². The predicted molar refractivity (Wildman–Crippen MR) is 95.5 cm³/mol. The first-order valence-electron chi connectivity index (χ1n) is 8.70. The van der Waals surface area contributed by atoms with Crippen LogP contribution in [0.5, 0.6) is 5.75 Å². The van der Waals surface area contributed by atoms with Gasteiger partial charge < -0.3 is 14.2 Å². The lowest BCUT2D eigenvalue weighted by atomic mass is 10.3. The SMILES string of the molecule is Cn1ccnc1CN(C(=O)c1cc(COc2ccccc2)[nH]n1)C1CC1. The van der Waals surface area contributed by atoms with Crippen molar-refractivity contribution in [2.45, 2.75) is 32.0 Å². The van der Waals surface area contributed by atoms with Gasteiger partial charge in [-0.1, -0.05) is 18.2 Å². The van der Waals surface area contributed by atoms with Gasteiger partial charge in [0, 0.05) is 25.5 Å². The van der Waals surface area contributed by atoms with E-state index < -0.39 is 0 Å². The van der Waals surface area contributed by atoms with E-state index in [1.165, 1.54) is 0 Å². The summed E-state index contributed by atoms with van der Waals surface area (Å²) in [4.78, 5) is 19.1. The molecule has 3 aromatic rings. The minimum absolute atomic E-state index is 0.0716. The Morgan fingerprint density at radius 1 is 1.35 bits per heavy atom. The first kappa shape index (κ1) is 16.4. The summed E-state index contributed by atoms with van der Waals surface area (Å²) >= 11 is 0. The molecule has 7 nitrogen and oxygen atoms in total. The van der Waals surface area contributed by atoms with Gasteiger partial charge >= 0.3 is 0 Å². The van der Waals surface area contributed by atoms with Crippen molar-refractivity contribution < 1.29 is 9.53 Å². The number of aryl methyl sites for hydroxylation is 1. The standard InChI is InChI=1S/C19H21N5O2/c1-23-10-9-20-18(23)12-24(15-7-8-15)19(25)17-11-14(21-22-17)13-26-16-5-3-2-4-6-16/h2-6,9-11,15H,7-8,12-13H2,1H3,(H,21,22). The molecule has 1 amide bonds. The molecule has 0 saturated heterocycles. The Labute approximate surface area is 151 Å². The zero-order valence-electron chi connectivity index (χ0n) is 14.6. The van der Waals surface area contributed by atoms with Crippen molar-refractivity contribution in [2.75, 3.05) is 0 Å². The summed E-state index contributed by atoms with van der Waals surface area (Å²) in [6.07, 6.45) is 5.70. The maximum absolute atomic E-state index is 12.9. The van der Waals surface area contributed by atoms with Gasteiger partial charge in [-0.2, -0.15) is 5.10 Å². The van der Waals surface area contributed by atoms with Gasteiger partial charge in [-0.05, 0) is 31.0 Å². The number of H-pyrrole nitrogens is 1. The molecule has 1 aliphatic rings. The lowest BCUT2D eigenvalue weighted by Crippen LogP contribution is -2.33. The molecule has 1 aliphatic carbocycles. The number of carbonyl (C=O) groups excluding carboxylic acids is 1. The number of nitrogens with one attached hydrogen (secondary N) is 1. The second kappa shape index (κ2) is 7.03. The van der Waals surface area contributed by atoms with E-state index in [4.69, 9.17) is 4.74 Å². The van der Waals surface area contributed by atoms with Gasteiger partial charge in [0.25, 0.3) is 5.91 Å². The molecular weight excluding hydrogens is 330 g/mol. The van der Waals surface area contributed by atoms with Crippen molar-refractivity contribution >= 4 is 5.91 Å². The summed E-state index contributed by atoms with van der Waals surface area (Å²) in [5.74, 6) is 1.58. The van der Waals surface area contributed by atoms with Crippen LogP contribution in [0.25, 0.3) is 0 Å². The number of rotatable bonds is 7. The monoisotopic (exact) mass is 351 g/mol. The van der Waals surface area contributed by atoms with E-state index in [1.807, 2.05) is 53.0 Å². The van der Waals surface area contributed by atoms with E-state index in [1.54, 1.807) is 12.3 Å². The van der Waals surface area contributed by atoms with Crippen LogP contribution in [0, 0.1) is 0 Å². The third kappa shape index (κ3) is 3.61. The van der Waals surface area contributed by atoms with Crippen molar-refractivity contribution in [3.63, 3.8) is 0 Å². The zero-order chi connectivity index (χ0) is 17.9. The summed E-state index contributed by atoms with van der Waals surface area (Å²) < 4.78 is 7.63. The number of aromatic nitrogens is 4. The summed E-state index contributed by atoms with van der Waals surface area (Å²) in [5.41, 5.74) is 1.18. The van der Waals surface area contributed by atoms with Crippen molar-refractivity contribution in [3.05, 3.63) is 66.0 Å². The Bertz CT molecular complexity index is 882. The lowest BCUT2D eigenvalue weighted by molar-refractivity contribution is 0.0718. The van der Waals surface area contributed by atoms with Crippen molar-refractivity contribution in [1.82, 2.24) is 24.6 Å². The van der Waals surface area contributed by atoms with E-state index in [0.29, 0.717) is 18.8 Å². The van der Waals surface area contributed by atoms with Crippen LogP contribution in [0.2, 0.25) is 0 Å². The second-order valence-electron chi connectivity index (χ2n) is 6.50. The summed E-state index contributed by atoms with van der Waals surface area (Å²) in [6, 6.07) is 11.6. The summed E-state index contributed by atoms with van der Waals surface area (Å²) in [7, 11) is 1.94. The zero-order valence-corrected chi connectivity index (χ0v) is 14.6. The fourth-order valence-electron chi connectivity index (χ4n) is 2.82. The molecule has 1 aromatic carbocycles. The summed E-state index contributed by atoms with van der Waals surface area (Å²) in [6.45, 7) is 0.836. The molecule has 26 heavy (non-hydrogen) atoms. The number of aromatic amines is 1. The van der Waals surface area contributed by atoms with Gasteiger partial charge in [0.15, 0.2) is 5.69 Å². The third-order valence-corrected chi connectivity index (χ3v) is 4.47. The summed E-state index contributed by atoms with van der Waals surface area (Å²) in [5, 5.41) is 7.09. The minimum Gasteiger partial charge on any atom is -0.487 e. The number of benzene rings is 1. The maximum Gasteiger partial charge on any atom is 0.275 e. The highest BCUT2D eigenvalue weighted by molar-refractivity contribution is 5.92. The Balaban J connectivity index is 1.43. The van der Waals surface area contributed by atoms with Gasteiger partial charge in [0.05, 0.1) is 12.2 Å². The highest BCUT2D eigenvalue weighted by atomic mass is 16.5. The molecule has 7 heteroatoms. The van der Waals surface area contributed by atoms with Crippen molar-refractivity contribution in [2.24, 2.45) is 7.05 Å². The molecule has 0 radical (unpaired) electrons. The number of hydrogen-bond donors (Lipinski definition) is 1. The third-order valence-electron chi connectivity index (χ3n) is 4.47. The average molecular weight is 351 g/mol. The van der Waals surface area contributed by atoms with Gasteiger partial charge in [0.1, 0.15) is 18.2 Å². The number of hydrogen-bond acceptors (Lipinski definition) is 4. The Morgan fingerprint density at radius 2 is 2.15 bits per heavy atom. The van der Waals surface area contributed by atoms with E-state index in [2.05, 4.69) is 15.2 Å². The second-order valence-corrected chi connectivity index (χ2v) is 6.50. The number of nitrogens with zero attached hydrogens (tertiary/aromatic N) is 4. The van der Waals surface area contributed by atoms with Crippen molar-refractivity contribution in [3.8, 4) is 5.75 Å². The van der Waals surface area contributed by atoms with Gasteiger partial charge in [0.2, 0.25) is 0 Å². The van der Waals surface area contributed by atoms with Gasteiger partial charge in [-0.15, -0.1) is 0 Å². The number of amides is 1. The van der Waals surface area contributed by atoms with Crippen LogP contribution >= 0.6 is 0 Å². The van der Waals surface area contributed by atoms with Crippen LogP contribution in [0.1, 0.15) is 34.8 Å². The Kier molecular flexibility index (Phi) is 4.43. The van der Waals surface area contributed by atoms with E-state index in [9.17, 15) is 4.79 Å². The smallest absolute Gasteiger partial charge is 0.275 e. The van der Waals surface area contributed by atoms with E-state index in [0.717, 1.165) is 30.1 Å². The topological polar surface area (TPSA) is 76.0 Å². The van der Waals surface area contributed by atoms with E-state index in [-0.39, 0.29) is 11.9 Å². The quantitative estimate of drug-likeness (QED) is 0.710. The molecule has 4 rings (SSSR count). The van der Waals surface area contributed by atoms with Gasteiger partial charge in [-0.25, -0.2) is 4.98 Å². The molecule has 1 N–H and O–H groups in total. The first-order chi connectivity index (χ1) is 12.7. The Hall–Kier alpha value is -3.09. The average Bonchev–Trinajstić information content (AvgIpc) is 3.25. The highest BCUT2D eigenvalue weighted by Gasteiger charge is 2.34. The van der Waals surface area contributed by atoms with Crippen LogP contribution in [-0.4, -0.2) is 36.6 Å². The molecule has 0 atom stereocenters. The van der Waals surface area contributed by atoms with Crippen LogP contribution in [0.3, 0.4) is 0 Å². The lowest BCUT2D eigenvalue weighted by Gasteiger charge is -2.21. The normalized spacial score (nSPS) is 13.6. The predicted octanol–water partition coefficient (Wildman–Crippen LogP) is 2.53. The molecule has 2 heterocycles. The van der Waals surface area contributed by atoms with Crippen molar-refractivity contribution in [1.29, 1.82) is 0 Å². The van der Waals surface area contributed by atoms with Gasteiger partial charge in [-0.3, -0.25) is 9.89 Å². The molecule has 1 fully saturated rings. The molecular formula is C19H21N5O2. The molecule has 1 saturated carbocycles. The Morgan fingerprint density at radius 3 is 2.85 bits per heavy atom. The fraction of sp³-hybridized carbons (Fsp3) is 0.316. The number of para-hydroxylation sites is 1. The van der Waals surface area contributed by atoms with Crippen LogP contribution in [0.15, 0.2) is 48.8 Å². The number of ether oxygens (including phenoxy) is 1. The molecule has 2 aromatic heterocycles. The molecule has 0 spiro atoms.